The smallest absolute Gasteiger partial charge is 0.352 e. The Labute approximate surface area is 218 Å². The number of carbonyl (C=O) groups is 2. The maximum atomic E-state index is 12.4. The first-order valence-electron chi connectivity index (χ1n) is 12.3. The van der Waals surface area contributed by atoms with Crippen LogP contribution in [0, 0.1) is 11.8 Å². The average Bonchev–Trinajstić information content (AvgIpc) is 3.13. The zero-order valence-electron chi connectivity index (χ0n) is 20.9. The Balaban J connectivity index is 1.17. The van der Waals surface area contributed by atoms with E-state index in [1.165, 1.54) is 11.0 Å². The first-order valence-corrected chi connectivity index (χ1v) is 12.3. The summed E-state index contributed by atoms with van der Waals surface area (Å²) in [7, 11) is 0. The molecule has 0 spiro atoms. The lowest BCUT2D eigenvalue weighted by atomic mass is 9.78. The first-order chi connectivity index (χ1) is 18.2. The van der Waals surface area contributed by atoms with Gasteiger partial charge in [0.15, 0.2) is 0 Å². The molecule has 3 aromatic rings. The molecule has 0 saturated carbocycles. The van der Waals surface area contributed by atoms with Crippen molar-refractivity contribution < 1.29 is 33.7 Å². The largest absolute Gasteiger partial charge is 0.490 e. The van der Waals surface area contributed by atoms with Crippen LogP contribution in [0.25, 0.3) is 11.0 Å². The van der Waals surface area contributed by atoms with Gasteiger partial charge < -0.3 is 29.0 Å². The fraction of sp³-hybridized carbons (Fsp3) is 0.276. The highest BCUT2D eigenvalue weighted by molar-refractivity contribution is 6.00. The third-order valence-electron chi connectivity index (χ3n) is 7.00. The molecule has 1 amide bonds. The molecule has 2 N–H and O–H groups in total. The fourth-order valence-electron chi connectivity index (χ4n) is 5.11. The number of carboxylic acid groups (broad SMARTS) is 1. The quantitative estimate of drug-likeness (QED) is 0.326. The number of aliphatic hydroxyl groups excluding tert-OH is 1. The number of carboxylic acids is 1. The summed E-state index contributed by atoms with van der Waals surface area (Å²) in [5, 5.41) is 20.5. The lowest BCUT2D eigenvalue weighted by molar-refractivity contribution is -0.163. The van der Waals surface area contributed by atoms with E-state index in [1.807, 2.05) is 43.3 Å². The molecular weight excluding hydrogens is 490 g/mol. The van der Waals surface area contributed by atoms with Gasteiger partial charge in [-0.3, -0.25) is 4.79 Å². The number of amides is 1. The number of fused-ring (bicyclic) bond motifs is 2. The maximum Gasteiger partial charge on any atom is 0.352 e. The molecule has 2 aliphatic heterocycles. The number of allylic oxidation sites excluding steroid dienone is 1. The van der Waals surface area contributed by atoms with Crippen LogP contribution < -0.4 is 15.1 Å². The van der Waals surface area contributed by atoms with Crippen LogP contribution >= 0.6 is 0 Å². The lowest BCUT2D eigenvalue weighted by Crippen LogP contribution is -2.63. The minimum Gasteiger partial charge on any atom is -0.490 e. The van der Waals surface area contributed by atoms with Gasteiger partial charge in [-0.15, -0.1) is 0 Å². The van der Waals surface area contributed by atoms with E-state index in [0.29, 0.717) is 29.3 Å². The monoisotopic (exact) mass is 517 g/mol. The molecule has 9 nitrogen and oxygen atoms in total. The zero-order valence-corrected chi connectivity index (χ0v) is 20.9. The normalized spacial score (nSPS) is 21.5. The molecule has 2 aromatic carbocycles. The molecule has 5 rings (SSSR count). The van der Waals surface area contributed by atoms with Gasteiger partial charge in [-0.1, -0.05) is 25.1 Å². The van der Waals surface area contributed by atoms with Crippen LogP contribution in [0.1, 0.15) is 19.4 Å². The second kappa shape index (κ2) is 10.2. The Morgan fingerprint density at radius 1 is 1.08 bits per heavy atom. The Morgan fingerprint density at radius 3 is 2.50 bits per heavy atom. The van der Waals surface area contributed by atoms with Crippen LogP contribution in [-0.4, -0.2) is 45.7 Å². The van der Waals surface area contributed by atoms with Crippen molar-refractivity contribution in [3.63, 3.8) is 0 Å². The highest BCUT2D eigenvalue weighted by Crippen LogP contribution is 2.47. The first kappa shape index (κ1) is 25.3. The summed E-state index contributed by atoms with van der Waals surface area (Å²) in [5.74, 6) is -1.11. The van der Waals surface area contributed by atoms with E-state index >= 15 is 0 Å². The van der Waals surface area contributed by atoms with Crippen molar-refractivity contribution >= 4 is 22.8 Å². The third-order valence-corrected chi connectivity index (χ3v) is 7.00. The minimum absolute atomic E-state index is 0.0291. The van der Waals surface area contributed by atoms with Crippen molar-refractivity contribution in [1.82, 2.24) is 4.90 Å². The van der Waals surface area contributed by atoms with Crippen LogP contribution in [-0.2, 0) is 16.2 Å². The molecule has 3 heterocycles. The predicted octanol–water partition coefficient (Wildman–Crippen LogP) is 3.50. The van der Waals surface area contributed by atoms with Crippen molar-refractivity contribution in [2.45, 2.75) is 32.6 Å². The molecule has 0 unspecified atom stereocenters. The van der Waals surface area contributed by atoms with Gasteiger partial charge in [0.1, 0.15) is 36.0 Å². The minimum atomic E-state index is -1.16. The Bertz CT molecular complexity index is 1500. The number of hydrogen-bond donors (Lipinski definition) is 2. The van der Waals surface area contributed by atoms with Gasteiger partial charge in [0.2, 0.25) is 5.91 Å². The van der Waals surface area contributed by atoms with E-state index in [4.69, 9.17) is 13.9 Å². The Hall–Kier alpha value is -4.37. The van der Waals surface area contributed by atoms with Gasteiger partial charge in [0.25, 0.3) is 0 Å². The molecule has 0 aliphatic carbocycles. The third kappa shape index (κ3) is 4.68. The van der Waals surface area contributed by atoms with E-state index in [2.05, 4.69) is 0 Å². The number of β-lactam (4-membered cyclic amide) rings is 1. The summed E-state index contributed by atoms with van der Waals surface area (Å²) in [6.45, 7) is 3.94. The van der Waals surface area contributed by atoms with E-state index < -0.39 is 23.6 Å². The predicted molar refractivity (Wildman–Crippen MR) is 138 cm³/mol. The SMILES string of the molecule is C[C@@H](O)[C@H]1C(=O)N2C(C(=O)O)=C(/C=C/COc3ccc(COc4ccc5ccc(=O)oc5c4)cc3)[C@H](C)[C@@H]12. The molecular formula is C29H27NO8. The molecule has 196 valence electrons. The van der Waals surface area contributed by atoms with Crippen LogP contribution in [0.15, 0.2) is 87.2 Å². The molecule has 38 heavy (non-hydrogen) atoms. The average molecular weight is 518 g/mol. The second-order valence-corrected chi connectivity index (χ2v) is 9.46. The number of benzene rings is 2. The standard InChI is InChI=1S/C29H27NO8/c1-16-22(27(29(34)35)30-26(16)25(17(2)31)28(30)33)4-3-13-36-20-9-5-18(6-10-20)15-37-21-11-7-19-8-12-24(32)38-23(19)14-21/h3-12,14,16-17,25-26,31H,13,15H2,1-2H3,(H,34,35)/b4-3+/t16-,17+,25+,26-/m0/s1. The van der Waals surface area contributed by atoms with Crippen molar-refractivity contribution in [3.8, 4) is 11.5 Å². The van der Waals surface area contributed by atoms with Gasteiger partial charge in [0.05, 0.1) is 18.1 Å². The lowest BCUT2D eigenvalue weighted by Gasteiger charge is -2.46. The molecule has 9 heteroatoms. The summed E-state index contributed by atoms with van der Waals surface area (Å²) in [4.78, 5) is 37.0. The van der Waals surface area contributed by atoms with Crippen molar-refractivity contribution in [1.29, 1.82) is 0 Å². The van der Waals surface area contributed by atoms with Gasteiger partial charge in [0, 0.05) is 23.4 Å². The molecule has 4 atom stereocenters. The number of ether oxygens (including phenoxy) is 2. The summed E-state index contributed by atoms with van der Waals surface area (Å²) in [5.41, 5.74) is 1.48. The molecule has 1 aromatic heterocycles. The van der Waals surface area contributed by atoms with Crippen LogP contribution in [0.3, 0.4) is 0 Å². The van der Waals surface area contributed by atoms with Crippen LogP contribution in [0.5, 0.6) is 11.5 Å². The van der Waals surface area contributed by atoms with E-state index in [-0.39, 0.29) is 30.2 Å². The van der Waals surface area contributed by atoms with E-state index in [0.717, 1.165) is 10.9 Å². The summed E-state index contributed by atoms with van der Waals surface area (Å²) in [6.07, 6.45) is 2.57. The number of carbonyl (C=O) groups excluding carboxylic acids is 1. The number of rotatable bonds is 9. The highest BCUT2D eigenvalue weighted by Gasteiger charge is 2.59. The summed E-state index contributed by atoms with van der Waals surface area (Å²) < 4.78 is 16.8. The number of hydrogen-bond acceptors (Lipinski definition) is 7. The maximum absolute atomic E-state index is 12.4. The van der Waals surface area contributed by atoms with Crippen molar-refractivity contribution in [2.24, 2.45) is 11.8 Å². The molecule has 1 saturated heterocycles. The van der Waals surface area contributed by atoms with Crippen molar-refractivity contribution in [2.75, 3.05) is 6.61 Å². The summed E-state index contributed by atoms with van der Waals surface area (Å²) in [6, 6.07) is 15.4. The number of nitrogens with zero attached hydrogens (tertiary/aromatic N) is 1. The molecule has 1 fully saturated rings. The van der Waals surface area contributed by atoms with Gasteiger partial charge in [-0.25, -0.2) is 9.59 Å². The Kier molecular flexibility index (Phi) is 6.77. The van der Waals surface area contributed by atoms with Crippen LogP contribution in [0.4, 0.5) is 0 Å². The number of aliphatic carboxylic acids is 1. The molecule has 0 radical (unpaired) electrons. The zero-order chi connectivity index (χ0) is 27.0. The van der Waals surface area contributed by atoms with E-state index in [1.54, 1.807) is 31.2 Å². The topological polar surface area (TPSA) is 127 Å². The van der Waals surface area contributed by atoms with Crippen molar-refractivity contribution in [3.05, 3.63) is 94.0 Å². The number of aliphatic hydroxyl groups is 1. The molecule has 2 aliphatic rings. The van der Waals surface area contributed by atoms with Gasteiger partial charge in [-0.2, -0.15) is 0 Å². The van der Waals surface area contributed by atoms with Crippen LogP contribution in [0.2, 0.25) is 0 Å². The van der Waals surface area contributed by atoms with Gasteiger partial charge in [-0.05, 0) is 54.5 Å². The fourth-order valence-corrected chi connectivity index (χ4v) is 5.11. The summed E-state index contributed by atoms with van der Waals surface area (Å²) >= 11 is 0. The second-order valence-electron chi connectivity index (χ2n) is 9.46. The highest BCUT2D eigenvalue weighted by atomic mass is 16.5. The molecule has 0 bridgehead atoms. The van der Waals surface area contributed by atoms with E-state index in [9.17, 15) is 24.6 Å². The van der Waals surface area contributed by atoms with Gasteiger partial charge >= 0.3 is 11.6 Å². The Morgan fingerprint density at radius 2 is 1.79 bits per heavy atom.